The Morgan fingerprint density at radius 1 is 0.321 bits per heavy atom. The quantitative estimate of drug-likeness (QED) is 0.173. The second-order valence-electron chi connectivity index (χ2n) is 13.4. The van der Waals surface area contributed by atoms with Gasteiger partial charge >= 0.3 is 0 Å². The Morgan fingerprint density at radius 2 is 0.887 bits per heavy atom. The van der Waals surface area contributed by atoms with Crippen molar-refractivity contribution in [2.75, 3.05) is 0 Å². The van der Waals surface area contributed by atoms with Gasteiger partial charge in [0.15, 0.2) is 5.82 Å². The minimum atomic E-state index is 0.703. The summed E-state index contributed by atoms with van der Waals surface area (Å²) in [6.45, 7) is 0. The highest BCUT2D eigenvalue weighted by atomic mass is 32.1. The molecule has 10 aromatic rings. The van der Waals surface area contributed by atoms with Crippen molar-refractivity contribution in [3.05, 3.63) is 194 Å². The van der Waals surface area contributed by atoms with Crippen LogP contribution in [0.15, 0.2) is 194 Å². The number of benzene rings is 8. The summed E-state index contributed by atoms with van der Waals surface area (Å²) in [6, 6.07) is 69.3. The number of rotatable bonds is 6. The molecule has 2 heterocycles. The van der Waals surface area contributed by atoms with E-state index in [1.165, 1.54) is 53.2 Å². The lowest BCUT2D eigenvalue weighted by Gasteiger charge is -2.16. The highest BCUT2D eigenvalue weighted by molar-refractivity contribution is 7.25. The van der Waals surface area contributed by atoms with E-state index in [1.807, 2.05) is 29.5 Å². The molecule has 8 aromatic carbocycles. The molecule has 0 saturated carbocycles. The summed E-state index contributed by atoms with van der Waals surface area (Å²) in [6.07, 6.45) is 0. The zero-order chi connectivity index (χ0) is 35.1. The average Bonchev–Trinajstić information content (AvgIpc) is 3.63. The van der Waals surface area contributed by atoms with Gasteiger partial charge in [0, 0.05) is 36.9 Å². The van der Waals surface area contributed by atoms with Crippen molar-refractivity contribution in [2.24, 2.45) is 0 Å². The second kappa shape index (κ2) is 13.1. The highest BCUT2D eigenvalue weighted by Crippen LogP contribution is 2.43. The molecule has 0 fully saturated rings. The maximum absolute atomic E-state index is 5.31. The molecule has 248 valence electrons. The van der Waals surface area contributed by atoms with Gasteiger partial charge in [-0.05, 0) is 86.6 Å². The third-order valence-corrected chi connectivity index (χ3v) is 11.2. The molecule has 0 atom stereocenters. The van der Waals surface area contributed by atoms with Crippen LogP contribution < -0.4 is 0 Å². The largest absolute Gasteiger partial charge is 0.228 e. The molecule has 53 heavy (non-hydrogen) atoms. The van der Waals surface area contributed by atoms with Gasteiger partial charge in [-0.15, -0.1) is 11.3 Å². The van der Waals surface area contributed by atoms with Gasteiger partial charge in [-0.1, -0.05) is 152 Å². The van der Waals surface area contributed by atoms with Crippen LogP contribution in [0.1, 0.15) is 0 Å². The van der Waals surface area contributed by atoms with Gasteiger partial charge in [-0.25, -0.2) is 9.97 Å². The Hall–Kier alpha value is -6.68. The summed E-state index contributed by atoms with van der Waals surface area (Å²) in [7, 11) is 0. The first-order valence-electron chi connectivity index (χ1n) is 17.9. The lowest BCUT2D eigenvalue weighted by Crippen LogP contribution is -1.97. The lowest BCUT2D eigenvalue weighted by atomic mass is 9.89. The van der Waals surface area contributed by atoms with E-state index >= 15 is 0 Å². The van der Waals surface area contributed by atoms with Crippen LogP contribution in [0.4, 0.5) is 0 Å². The number of fused-ring (bicyclic) bond motifs is 4. The SMILES string of the molecule is c1ccc(-c2nc(-c3cc(-c4ccccc4-c4ccccc4)cc(-c4cccc5sc6ccccc6c45)c3)cc(-c3ccc4ccccc4c3)n2)cc1. The van der Waals surface area contributed by atoms with Gasteiger partial charge in [0.25, 0.3) is 0 Å². The molecule has 0 N–H and O–H groups in total. The molecule has 0 aliphatic heterocycles. The van der Waals surface area contributed by atoms with E-state index in [2.05, 4.69) is 176 Å². The smallest absolute Gasteiger partial charge is 0.160 e. The minimum Gasteiger partial charge on any atom is -0.228 e. The van der Waals surface area contributed by atoms with Crippen LogP contribution >= 0.6 is 11.3 Å². The van der Waals surface area contributed by atoms with E-state index in [-0.39, 0.29) is 0 Å². The normalized spacial score (nSPS) is 11.4. The van der Waals surface area contributed by atoms with Gasteiger partial charge in [0.1, 0.15) is 0 Å². The molecule has 3 heteroatoms. The summed E-state index contributed by atoms with van der Waals surface area (Å²) in [4.78, 5) is 10.5. The lowest BCUT2D eigenvalue weighted by molar-refractivity contribution is 1.18. The Morgan fingerprint density at radius 3 is 1.68 bits per heavy atom. The fourth-order valence-electron chi connectivity index (χ4n) is 7.51. The van der Waals surface area contributed by atoms with Gasteiger partial charge in [0.05, 0.1) is 11.4 Å². The summed E-state index contributed by atoms with van der Waals surface area (Å²) in [5, 5.41) is 4.96. The van der Waals surface area contributed by atoms with Crippen molar-refractivity contribution in [3.8, 4) is 67.3 Å². The maximum Gasteiger partial charge on any atom is 0.160 e. The zero-order valence-electron chi connectivity index (χ0n) is 28.8. The van der Waals surface area contributed by atoms with Crippen LogP contribution in [0, 0.1) is 0 Å². The monoisotopic (exact) mass is 692 g/mol. The summed E-state index contributed by atoms with van der Waals surface area (Å²) in [5.41, 5.74) is 11.9. The second-order valence-corrected chi connectivity index (χ2v) is 14.5. The average molecular weight is 693 g/mol. The molecule has 0 saturated heterocycles. The standard InChI is InChI=1S/C50H32N2S/c1-3-15-34(16-4-1)41-20-9-10-21-42(41)38-29-39(43-23-13-25-48-49(43)44-22-11-12-24-47(44)53-48)31-40(30-38)46-32-45(51-50(52-46)35-17-5-2-6-18-35)37-27-26-33-14-7-8-19-36(33)28-37/h1-32H. The van der Waals surface area contributed by atoms with Crippen LogP contribution in [0.25, 0.3) is 98.2 Å². The van der Waals surface area contributed by atoms with Crippen LogP contribution in [-0.2, 0) is 0 Å². The molecule has 0 aliphatic rings. The number of nitrogens with zero attached hydrogens (tertiary/aromatic N) is 2. The third kappa shape index (κ3) is 5.78. The fraction of sp³-hybridized carbons (Fsp3) is 0. The molecule has 0 amide bonds. The Labute approximate surface area is 312 Å². The van der Waals surface area contributed by atoms with Gasteiger partial charge in [0.2, 0.25) is 0 Å². The fourth-order valence-corrected chi connectivity index (χ4v) is 8.65. The van der Waals surface area contributed by atoms with E-state index in [4.69, 9.17) is 9.97 Å². The topological polar surface area (TPSA) is 25.8 Å². The molecule has 2 nitrogen and oxygen atoms in total. The molecule has 2 aromatic heterocycles. The summed E-state index contributed by atoms with van der Waals surface area (Å²) in [5.74, 6) is 0.703. The van der Waals surface area contributed by atoms with Gasteiger partial charge in [-0.3, -0.25) is 0 Å². The Balaban J connectivity index is 1.25. The van der Waals surface area contributed by atoms with Crippen LogP contribution in [0.5, 0.6) is 0 Å². The van der Waals surface area contributed by atoms with Crippen LogP contribution in [0.3, 0.4) is 0 Å². The molecule has 0 radical (unpaired) electrons. The first kappa shape index (κ1) is 31.1. The number of thiophene rings is 1. The molecule has 0 spiro atoms. The van der Waals surface area contributed by atoms with Gasteiger partial charge in [-0.2, -0.15) is 0 Å². The number of aromatic nitrogens is 2. The molecular weight excluding hydrogens is 661 g/mol. The minimum absolute atomic E-state index is 0.703. The van der Waals surface area contributed by atoms with E-state index in [9.17, 15) is 0 Å². The van der Waals surface area contributed by atoms with E-state index in [0.29, 0.717) is 5.82 Å². The predicted molar refractivity (Wildman–Crippen MR) is 225 cm³/mol. The van der Waals surface area contributed by atoms with Crippen molar-refractivity contribution in [1.82, 2.24) is 9.97 Å². The molecular formula is C50H32N2S. The van der Waals surface area contributed by atoms with Gasteiger partial charge < -0.3 is 0 Å². The van der Waals surface area contributed by atoms with E-state index < -0.39 is 0 Å². The molecule has 0 aliphatic carbocycles. The predicted octanol–water partition coefficient (Wildman–Crippen LogP) is 14.0. The first-order valence-corrected chi connectivity index (χ1v) is 18.7. The van der Waals surface area contributed by atoms with Crippen molar-refractivity contribution in [1.29, 1.82) is 0 Å². The zero-order valence-corrected chi connectivity index (χ0v) is 29.6. The first-order chi connectivity index (χ1) is 26.2. The Bertz CT molecular complexity index is 2950. The Kier molecular flexibility index (Phi) is 7.71. The summed E-state index contributed by atoms with van der Waals surface area (Å²) >= 11 is 1.85. The maximum atomic E-state index is 5.31. The highest BCUT2D eigenvalue weighted by Gasteiger charge is 2.17. The van der Waals surface area contributed by atoms with Crippen molar-refractivity contribution in [3.63, 3.8) is 0 Å². The van der Waals surface area contributed by atoms with Crippen LogP contribution in [0.2, 0.25) is 0 Å². The summed E-state index contributed by atoms with van der Waals surface area (Å²) < 4.78 is 2.58. The van der Waals surface area contributed by atoms with E-state index in [0.717, 1.165) is 39.2 Å². The number of hydrogen-bond acceptors (Lipinski definition) is 3. The van der Waals surface area contributed by atoms with E-state index in [1.54, 1.807) is 0 Å². The molecule has 10 rings (SSSR count). The molecule has 0 bridgehead atoms. The molecule has 0 unspecified atom stereocenters. The van der Waals surface area contributed by atoms with Crippen molar-refractivity contribution < 1.29 is 0 Å². The van der Waals surface area contributed by atoms with Crippen LogP contribution in [-0.4, -0.2) is 9.97 Å². The van der Waals surface area contributed by atoms with Crippen molar-refractivity contribution >= 4 is 42.3 Å². The van der Waals surface area contributed by atoms with Crippen molar-refractivity contribution in [2.45, 2.75) is 0 Å². The number of hydrogen-bond donors (Lipinski definition) is 0. The third-order valence-electron chi connectivity index (χ3n) is 10.1.